The van der Waals surface area contributed by atoms with Gasteiger partial charge in [0.1, 0.15) is 0 Å². The van der Waals surface area contributed by atoms with Crippen molar-refractivity contribution < 1.29 is 19.4 Å². The summed E-state index contributed by atoms with van der Waals surface area (Å²) in [4.78, 5) is 29.1. The van der Waals surface area contributed by atoms with Gasteiger partial charge < -0.3 is 14.7 Å². The topological polar surface area (TPSA) is 79.7 Å². The van der Waals surface area contributed by atoms with E-state index in [0.717, 1.165) is 30.6 Å². The van der Waals surface area contributed by atoms with Crippen molar-refractivity contribution in [2.75, 3.05) is 18.6 Å². The van der Waals surface area contributed by atoms with E-state index in [1.807, 2.05) is 0 Å². The number of methoxy groups -OCH3 is 1. The third-order valence-electron chi connectivity index (χ3n) is 3.75. The van der Waals surface area contributed by atoms with Crippen molar-refractivity contribution in [2.24, 2.45) is 0 Å². The van der Waals surface area contributed by atoms with Crippen molar-refractivity contribution in [2.45, 2.75) is 31.6 Å². The zero-order chi connectivity index (χ0) is 14.3. The molecule has 6 heteroatoms. The van der Waals surface area contributed by atoms with Gasteiger partial charge in [-0.05, 0) is 19.3 Å². The summed E-state index contributed by atoms with van der Waals surface area (Å²) >= 11 is 0. The Hall–Kier alpha value is -2.11. The maximum atomic E-state index is 11.9. The molecule has 1 saturated heterocycles. The molecular formula is C14H16N2O4. The summed E-state index contributed by atoms with van der Waals surface area (Å²) in [5.74, 6) is -0.569. The van der Waals surface area contributed by atoms with Crippen LogP contribution in [0.4, 0.5) is 5.69 Å². The van der Waals surface area contributed by atoms with Crippen LogP contribution in [0.5, 0.6) is 5.75 Å². The molecule has 1 N–H and O–H groups in total. The molecule has 2 fully saturated rings. The SMILES string of the molecule is COc1cc(N2CCCC2=O)c(C2CC2)nc1C(=O)O. The van der Waals surface area contributed by atoms with Gasteiger partial charge in [0.2, 0.25) is 5.91 Å². The van der Waals surface area contributed by atoms with Gasteiger partial charge in [0.25, 0.3) is 0 Å². The Bertz CT molecular complexity index is 581. The van der Waals surface area contributed by atoms with Crippen molar-refractivity contribution >= 4 is 17.6 Å². The molecule has 0 atom stereocenters. The second kappa shape index (κ2) is 4.77. The first-order valence-electron chi connectivity index (χ1n) is 6.74. The summed E-state index contributed by atoms with van der Waals surface area (Å²) in [6.07, 6.45) is 3.35. The van der Waals surface area contributed by atoms with Crippen LogP contribution in [0.1, 0.15) is 47.8 Å². The maximum absolute atomic E-state index is 11.9. The quantitative estimate of drug-likeness (QED) is 0.907. The number of anilines is 1. The van der Waals surface area contributed by atoms with Crippen molar-refractivity contribution in [3.8, 4) is 5.75 Å². The number of carbonyl (C=O) groups is 2. The molecule has 6 nitrogen and oxygen atoms in total. The summed E-state index contributed by atoms with van der Waals surface area (Å²) in [7, 11) is 1.41. The smallest absolute Gasteiger partial charge is 0.358 e. The van der Waals surface area contributed by atoms with Gasteiger partial charge in [-0.15, -0.1) is 0 Å². The number of nitrogens with zero attached hydrogens (tertiary/aromatic N) is 2. The van der Waals surface area contributed by atoms with Crippen molar-refractivity contribution in [1.29, 1.82) is 0 Å². The highest BCUT2D eigenvalue weighted by molar-refractivity contribution is 5.97. The number of hydrogen-bond donors (Lipinski definition) is 1. The summed E-state index contributed by atoms with van der Waals surface area (Å²) in [6, 6.07) is 1.65. The molecule has 3 rings (SSSR count). The lowest BCUT2D eigenvalue weighted by molar-refractivity contribution is -0.117. The minimum Gasteiger partial charge on any atom is -0.494 e. The molecule has 0 radical (unpaired) electrons. The van der Waals surface area contributed by atoms with Gasteiger partial charge in [-0.1, -0.05) is 0 Å². The molecule has 106 valence electrons. The van der Waals surface area contributed by atoms with E-state index in [-0.39, 0.29) is 23.3 Å². The Morgan fingerprint density at radius 2 is 2.25 bits per heavy atom. The minimum atomic E-state index is -1.11. The molecule has 1 saturated carbocycles. The molecule has 0 unspecified atom stereocenters. The van der Waals surface area contributed by atoms with E-state index < -0.39 is 5.97 Å². The van der Waals surface area contributed by atoms with Gasteiger partial charge in [0, 0.05) is 24.9 Å². The largest absolute Gasteiger partial charge is 0.494 e. The Morgan fingerprint density at radius 1 is 1.50 bits per heavy atom. The van der Waals surface area contributed by atoms with Crippen LogP contribution < -0.4 is 9.64 Å². The Balaban J connectivity index is 2.11. The molecule has 0 spiro atoms. The van der Waals surface area contributed by atoms with Gasteiger partial charge in [-0.3, -0.25) is 4.79 Å². The van der Waals surface area contributed by atoms with Crippen LogP contribution >= 0.6 is 0 Å². The van der Waals surface area contributed by atoms with Crippen LogP contribution in [0.2, 0.25) is 0 Å². The van der Waals surface area contributed by atoms with E-state index in [0.29, 0.717) is 13.0 Å². The van der Waals surface area contributed by atoms with Gasteiger partial charge in [-0.2, -0.15) is 0 Å². The van der Waals surface area contributed by atoms with Gasteiger partial charge >= 0.3 is 5.97 Å². The van der Waals surface area contributed by atoms with E-state index in [2.05, 4.69) is 4.98 Å². The molecule has 0 bridgehead atoms. The molecule has 0 aromatic carbocycles. The van der Waals surface area contributed by atoms with Crippen LogP contribution in [0, 0.1) is 0 Å². The highest BCUT2D eigenvalue weighted by Crippen LogP contribution is 2.45. The lowest BCUT2D eigenvalue weighted by Crippen LogP contribution is -2.26. The fourth-order valence-electron chi connectivity index (χ4n) is 2.58. The zero-order valence-corrected chi connectivity index (χ0v) is 11.3. The van der Waals surface area contributed by atoms with Crippen LogP contribution in [0.3, 0.4) is 0 Å². The molecular weight excluding hydrogens is 260 g/mol. The first kappa shape index (κ1) is 12.9. The Kier molecular flexibility index (Phi) is 3.08. The van der Waals surface area contributed by atoms with E-state index in [9.17, 15) is 14.7 Å². The number of ether oxygens (including phenoxy) is 1. The summed E-state index contributed by atoms with van der Waals surface area (Å²) in [5, 5.41) is 9.21. The predicted octanol–water partition coefficient (Wildman–Crippen LogP) is 1.79. The highest BCUT2D eigenvalue weighted by Gasteiger charge is 2.34. The fourth-order valence-corrected chi connectivity index (χ4v) is 2.58. The lowest BCUT2D eigenvalue weighted by Gasteiger charge is -2.20. The second-order valence-electron chi connectivity index (χ2n) is 5.17. The third-order valence-corrected chi connectivity index (χ3v) is 3.75. The average molecular weight is 276 g/mol. The van der Waals surface area contributed by atoms with E-state index >= 15 is 0 Å². The average Bonchev–Trinajstić information content (AvgIpc) is 3.19. The number of aromatic carboxylic acids is 1. The molecule has 1 aromatic rings. The Labute approximate surface area is 116 Å². The Morgan fingerprint density at radius 3 is 2.75 bits per heavy atom. The number of pyridine rings is 1. The van der Waals surface area contributed by atoms with E-state index in [1.165, 1.54) is 7.11 Å². The normalized spacial score (nSPS) is 18.4. The predicted molar refractivity (Wildman–Crippen MR) is 71.3 cm³/mol. The standard InChI is InChI=1S/C14H16N2O4/c1-20-10-7-9(16-6-2-3-11(16)17)12(8-4-5-8)15-13(10)14(18)19/h7-8H,2-6H2,1H3,(H,18,19). The van der Waals surface area contributed by atoms with Crippen LogP contribution in [0.25, 0.3) is 0 Å². The molecule has 20 heavy (non-hydrogen) atoms. The monoisotopic (exact) mass is 276 g/mol. The maximum Gasteiger partial charge on any atom is 0.358 e. The lowest BCUT2D eigenvalue weighted by atomic mass is 10.1. The molecule has 1 aliphatic carbocycles. The number of carbonyl (C=O) groups excluding carboxylic acids is 1. The van der Waals surface area contributed by atoms with Crippen molar-refractivity contribution in [3.63, 3.8) is 0 Å². The summed E-state index contributed by atoms with van der Waals surface area (Å²) in [5.41, 5.74) is 1.36. The number of rotatable bonds is 4. The van der Waals surface area contributed by atoms with Gasteiger partial charge in [0.05, 0.1) is 18.5 Å². The van der Waals surface area contributed by atoms with Crippen LogP contribution in [-0.4, -0.2) is 35.6 Å². The van der Waals surface area contributed by atoms with E-state index in [1.54, 1.807) is 11.0 Å². The molecule has 2 heterocycles. The third kappa shape index (κ3) is 2.11. The molecule has 1 amide bonds. The van der Waals surface area contributed by atoms with E-state index in [4.69, 9.17) is 4.74 Å². The van der Waals surface area contributed by atoms with Gasteiger partial charge in [-0.25, -0.2) is 9.78 Å². The summed E-state index contributed by atoms with van der Waals surface area (Å²) < 4.78 is 5.12. The van der Waals surface area contributed by atoms with Crippen LogP contribution in [0.15, 0.2) is 6.07 Å². The summed E-state index contributed by atoms with van der Waals surface area (Å²) in [6.45, 7) is 0.663. The molecule has 1 aliphatic heterocycles. The second-order valence-corrected chi connectivity index (χ2v) is 5.17. The zero-order valence-electron chi connectivity index (χ0n) is 11.3. The van der Waals surface area contributed by atoms with Crippen LogP contribution in [-0.2, 0) is 4.79 Å². The van der Waals surface area contributed by atoms with Crippen molar-refractivity contribution in [1.82, 2.24) is 4.98 Å². The van der Waals surface area contributed by atoms with Gasteiger partial charge in [0.15, 0.2) is 11.4 Å². The molecule has 2 aliphatic rings. The molecule has 1 aromatic heterocycles. The first-order valence-corrected chi connectivity index (χ1v) is 6.74. The fraction of sp³-hybridized carbons (Fsp3) is 0.500. The number of hydrogen-bond acceptors (Lipinski definition) is 4. The minimum absolute atomic E-state index is 0.0684. The number of carboxylic acid groups (broad SMARTS) is 1. The number of amides is 1. The van der Waals surface area contributed by atoms with Crippen molar-refractivity contribution in [3.05, 3.63) is 17.5 Å². The first-order chi connectivity index (χ1) is 9.61. The number of aromatic nitrogens is 1. The highest BCUT2D eigenvalue weighted by atomic mass is 16.5. The number of carboxylic acids is 1.